The molecule has 5 rings (SSSR count). The number of nitrogens with one attached hydrogen (secondary N) is 1. The molecule has 0 aliphatic carbocycles. The fraction of sp³-hybridized carbons (Fsp3) is 0.273. The maximum absolute atomic E-state index is 13.1. The lowest BCUT2D eigenvalue weighted by molar-refractivity contribution is 0.0699. The fourth-order valence-electron chi connectivity index (χ4n) is 4.29. The van der Waals surface area contributed by atoms with Crippen LogP contribution in [0.15, 0.2) is 53.3 Å². The number of aromatic nitrogens is 2. The zero-order valence-electron chi connectivity index (χ0n) is 15.6. The van der Waals surface area contributed by atoms with Gasteiger partial charge in [-0.2, -0.15) is 0 Å². The smallest absolute Gasteiger partial charge is 0.326 e. The Labute approximate surface area is 166 Å². The van der Waals surface area contributed by atoms with E-state index in [0.29, 0.717) is 13.1 Å². The minimum absolute atomic E-state index is 0.0636. The molecule has 0 radical (unpaired) electrons. The number of aryl methyl sites for hydroxylation is 1. The van der Waals surface area contributed by atoms with Crippen molar-refractivity contribution in [3.05, 3.63) is 69.5 Å². The van der Waals surface area contributed by atoms with Gasteiger partial charge in [-0.3, -0.25) is 9.36 Å². The number of hydrogen-bond acceptors (Lipinski definition) is 3. The molecule has 4 aromatic rings. The number of carbonyl (C=O) groups is 1. The molecule has 2 aromatic heterocycles. The molecule has 0 spiro atoms. The van der Waals surface area contributed by atoms with Crippen molar-refractivity contribution < 1.29 is 4.79 Å². The summed E-state index contributed by atoms with van der Waals surface area (Å²) in [7, 11) is 0. The highest BCUT2D eigenvalue weighted by Crippen LogP contribution is 2.33. The van der Waals surface area contributed by atoms with Gasteiger partial charge in [0.1, 0.15) is 0 Å². The summed E-state index contributed by atoms with van der Waals surface area (Å²) >= 11 is 1.58. The third kappa shape index (κ3) is 2.67. The van der Waals surface area contributed by atoms with E-state index in [4.69, 9.17) is 0 Å². The summed E-state index contributed by atoms with van der Waals surface area (Å²) in [5.74, 6) is 0.114. The largest absolute Gasteiger partial charge is 0.338 e. The van der Waals surface area contributed by atoms with Gasteiger partial charge in [0.2, 0.25) is 0 Å². The first-order chi connectivity index (χ1) is 13.6. The van der Waals surface area contributed by atoms with Crippen LogP contribution in [0.4, 0.5) is 0 Å². The standard InChI is InChI=1S/C22H21N3O2S/c1-14-16-6-2-5-9-19(16)28-20(14)21(26)24-12-10-15(11-13-24)25-18-8-4-3-7-17(18)23-22(25)27/h2-9,15H,10-13H2,1H3,(H,23,27). The second-order valence-corrected chi connectivity index (χ2v) is 8.45. The molecule has 0 atom stereocenters. The Morgan fingerprint density at radius 2 is 1.79 bits per heavy atom. The summed E-state index contributed by atoms with van der Waals surface area (Å²) in [5, 5.41) is 1.16. The number of hydrogen-bond donors (Lipinski definition) is 1. The van der Waals surface area contributed by atoms with Crippen molar-refractivity contribution in [1.29, 1.82) is 0 Å². The van der Waals surface area contributed by atoms with Crippen LogP contribution in [0.1, 0.15) is 34.1 Å². The predicted molar refractivity (Wildman–Crippen MR) is 113 cm³/mol. The van der Waals surface area contributed by atoms with E-state index in [1.54, 1.807) is 11.3 Å². The van der Waals surface area contributed by atoms with Crippen LogP contribution in [-0.2, 0) is 0 Å². The van der Waals surface area contributed by atoms with Gasteiger partial charge in [0, 0.05) is 23.8 Å². The van der Waals surface area contributed by atoms with Crippen LogP contribution >= 0.6 is 11.3 Å². The van der Waals surface area contributed by atoms with Gasteiger partial charge >= 0.3 is 5.69 Å². The minimum Gasteiger partial charge on any atom is -0.338 e. The van der Waals surface area contributed by atoms with Gasteiger partial charge < -0.3 is 9.88 Å². The van der Waals surface area contributed by atoms with Crippen LogP contribution in [0.3, 0.4) is 0 Å². The van der Waals surface area contributed by atoms with E-state index < -0.39 is 0 Å². The van der Waals surface area contributed by atoms with E-state index in [0.717, 1.165) is 44.4 Å². The molecule has 0 unspecified atom stereocenters. The van der Waals surface area contributed by atoms with E-state index in [2.05, 4.69) is 17.1 Å². The first kappa shape index (κ1) is 17.3. The zero-order valence-corrected chi connectivity index (χ0v) is 16.5. The van der Waals surface area contributed by atoms with E-state index in [-0.39, 0.29) is 17.6 Å². The predicted octanol–water partition coefficient (Wildman–Crippen LogP) is 4.33. The molecule has 5 nitrogen and oxygen atoms in total. The summed E-state index contributed by atoms with van der Waals surface area (Å²) in [6, 6.07) is 16.1. The minimum atomic E-state index is -0.0636. The molecule has 0 saturated carbocycles. The number of aromatic amines is 1. The van der Waals surface area contributed by atoms with Crippen molar-refractivity contribution in [3.63, 3.8) is 0 Å². The summed E-state index contributed by atoms with van der Waals surface area (Å²) in [6.45, 7) is 3.37. The normalized spacial score (nSPS) is 15.5. The highest BCUT2D eigenvalue weighted by Gasteiger charge is 2.28. The van der Waals surface area contributed by atoms with E-state index >= 15 is 0 Å². The number of piperidine rings is 1. The number of thiophene rings is 1. The highest BCUT2D eigenvalue weighted by molar-refractivity contribution is 7.21. The first-order valence-electron chi connectivity index (χ1n) is 9.60. The molecule has 1 aliphatic heterocycles. The van der Waals surface area contributed by atoms with Gasteiger partial charge in [0.25, 0.3) is 5.91 Å². The molecular weight excluding hydrogens is 370 g/mol. The topological polar surface area (TPSA) is 58.1 Å². The summed E-state index contributed by atoms with van der Waals surface area (Å²) < 4.78 is 3.02. The zero-order chi connectivity index (χ0) is 19.3. The number of fused-ring (bicyclic) bond motifs is 2. The second kappa shape index (κ2) is 6.63. The highest BCUT2D eigenvalue weighted by atomic mass is 32.1. The molecule has 28 heavy (non-hydrogen) atoms. The first-order valence-corrected chi connectivity index (χ1v) is 10.4. The number of rotatable bonds is 2. The van der Waals surface area contributed by atoms with E-state index in [1.165, 1.54) is 0 Å². The van der Waals surface area contributed by atoms with E-state index in [9.17, 15) is 9.59 Å². The van der Waals surface area contributed by atoms with Gasteiger partial charge in [0.15, 0.2) is 0 Å². The van der Waals surface area contributed by atoms with Gasteiger partial charge in [-0.15, -0.1) is 11.3 Å². The Balaban J connectivity index is 1.38. The van der Waals surface area contributed by atoms with Crippen molar-refractivity contribution in [2.45, 2.75) is 25.8 Å². The number of nitrogens with zero attached hydrogens (tertiary/aromatic N) is 2. The van der Waals surface area contributed by atoms with Gasteiger partial charge in [-0.05, 0) is 48.9 Å². The number of amides is 1. The Hall–Kier alpha value is -2.86. The van der Waals surface area contributed by atoms with E-state index in [1.807, 2.05) is 52.8 Å². The van der Waals surface area contributed by atoms with Crippen LogP contribution in [-0.4, -0.2) is 33.4 Å². The summed E-state index contributed by atoms with van der Waals surface area (Å²) in [5.41, 5.74) is 2.82. The van der Waals surface area contributed by atoms with Crippen molar-refractivity contribution in [1.82, 2.24) is 14.5 Å². The lowest BCUT2D eigenvalue weighted by atomic mass is 10.0. The van der Waals surface area contributed by atoms with Crippen LogP contribution < -0.4 is 5.69 Å². The molecule has 1 aliphatic rings. The van der Waals surface area contributed by atoms with Crippen LogP contribution in [0.2, 0.25) is 0 Å². The molecule has 1 amide bonds. The Bertz CT molecular complexity index is 1240. The quantitative estimate of drug-likeness (QED) is 0.553. The number of likely N-dealkylation sites (tertiary alicyclic amines) is 1. The third-order valence-corrected chi connectivity index (χ3v) is 7.04. The van der Waals surface area contributed by atoms with Crippen molar-refractivity contribution in [2.24, 2.45) is 0 Å². The Kier molecular flexibility index (Phi) is 4.09. The average molecular weight is 391 g/mol. The SMILES string of the molecule is Cc1c(C(=O)N2CCC(n3c(=O)[nH]c4ccccc43)CC2)sc2ccccc12. The van der Waals surface area contributed by atoms with Gasteiger partial charge in [-0.25, -0.2) is 4.79 Å². The second-order valence-electron chi connectivity index (χ2n) is 7.39. The summed E-state index contributed by atoms with van der Waals surface area (Å²) in [6.07, 6.45) is 1.58. The summed E-state index contributed by atoms with van der Waals surface area (Å²) in [4.78, 5) is 31.3. The maximum Gasteiger partial charge on any atom is 0.326 e. The van der Waals surface area contributed by atoms with Crippen molar-refractivity contribution in [2.75, 3.05) is 13.1 Å². The molecule has 1 N–H and O–H groups in total. The Morgan fingerprint density at radius 1 is 1.07 bits per heavy atom. The molecule has 142 valence electrons. The van der Waals surface area contributed by atoms with Crippen molar-refractivity contribution >= 4 is 38.4 Å². The fourth-order valence-corrected chi connectivity index (χ4v) is 5.46. The molecular formula is C22H21N3O2S. The van der Waals surface area contributed by atoms with Crippen LogP contribution in [0, 0.1) is 6.92 Å². The van der Waals surface area contributed by atoms with Crippen LogP contribution in [0.5, 0.6) is 0 Å². The van der Waals surface area contributed by atoms with Gasteiger partial charge in [0.05, 0.1) is 15.9 Å². The number of para-hydroxylation sites is 2. The lowest BCUT2D eigenvalue weighted by Gasteiger charge is -2.32. The van der Waals surface area contributed by atoms with Gasteiger partial charge in [-0.1, -0.05) is 30.3 Å². The molecule has 3 heterocycles. The number of benzene rings is 2. The lowest BCUT2D eigenvalue weighted by Crippen LogP contribution is -2.40. The molecule has 0 bridgehead atoms. The molecule has 6 heteroatoms. The van der Waals surface area contributed by atoms with Crippen LogP contribution in [0.25, 0.3) is 21.1 Å². The maximum atomic E-state index is 13.1. The monoisotopic (exact) mass is 391 g/mol. The molecule has 1 fully saturated rings. The Morgan fingerprint density at radius 3 is 2.57 bits per heavy atom. The molecule has 2 aromatic carbocycles. The van der Waals surface area contributed by atoms with Crippen molar-refractivity contribution in [3.8, 4) is 0 Å². The molecule has 1 saturated heterocycles. The number of H-pyrrole nitrogens is 1. The number of carbonyl (C=O) groups excluding carboxylic acids is 1. The number of imidazole rings is 1. The average Bonchev–Trinajstić information content (AvgIpc) is 3.24. The third-order valence-electron chi connectivity index (χ3n) is 5.78.